The lowest BCUT2D eigenvalue weighted by molar-refractivity contribution is 0.713. The predicted molar refractivity (Wildman–Crippen MR) is 63.5 cm³/mol. The fourth-order valence-electron chi connectivity index (χ4n) is 1.54. The number of nitrogens with two attached hydrogens (primary N) is 1. The van der Waals surface area contributed by atoms with Gasteiger partial charge in [0.2, 0.25) is 0 Å². The first-order valence-corrected chi connectivity index (χ1v) is 5.15. The highest BCUT2D eigenvalue weighted by Crippen LogP contribution is 2.15. The molecule has 3 heteroatoms. The van der Waals surface area contributed by atoms with Gasteiger partial charge in [-0.05, 0) is 30.8 Å². The topological polar surface area (TPSA) is 50.9 Å². The number of nitrogens with zero attached hydrogens (tertiary/aromatic N) is 1. The van der Waals surface area contributed by atoms with Crippen LogP contribution < -0.4 is 11.1 Å². The van der Waals surface area contributed by atoms with Crippen molar-refractivity contribution in [2.24, 2.45) is 0 Å². The van der Waals surface area contributed by atoms with Gasteiger partial charge in [-0.3, -0.25) is 4.98 Å². The molecule has 0 atom stereocenters. The van der Waals surface area contributed by atoms with Crippen LogP contribution in [0.15, 0.2) is 30.3 Å². The molecule has 0 radical (unpaired) electrons. The zero-order valence-electron chi connectivity index (χ0n) is 8.83. The quantitative estimate of drug-likeness (QED) is 0.746. The van der Waals surface area contributed by atoms with Crippen LogP contribution in [0.4, 0.5) is 5.69 Å². The van der Waals surface area contributed by atoms with Gasteiger partial charge in [-0.15, -0.1) is 0 Å². The summed E-state index contributed by atoms with van der Waals surface area (Å²) in [5.41, 5.74) is 8.55. The third kappa shape index (κ3) is 2.25. The monoisotopic (exact) mass is 201 g/mol. The molecular formula is C12H15N3. The average molecular weight is 201 g/mol. The molecular weight excluding hydrogens is 186 g/mol. The Hall–Kier alpha value is -1.61. The van der Waals surface area contributed by atoms with Crippen LogP contribution in [-0.2, 0) is 6.54 Å². The van der Waals surface area contributed by atoms with Gasteiger partial charge in [0.1, 0.15) is 0 Å². The Kier molecular flexibility index (Phi) is 2.83. The molecule has 0 bridgehead atoms. The normalized spacial score (nSPS) is 10.7. The van der Waals surface area contributed by atoms with Crippen molar-refractivity contribution < 1.29 is 0 Å². The number of nitrogens with one attached hydrogen (secondary N) is 1. The van der Waals surface area contributed by atoms with Gasteiger partial charge in [-0.2, -0.15) is 0 Å². The number of hydrogen-bond acceptors (Lipinski definition) is 3. The van der Waals surface area contributed by atoms with E-state index in [2.05, 4.69) is 23.3 Å². The molecule has 0 amide bonds. The van der Waals surface area contributed by atoms with Gasteiger partial charge >= 0.3 is 0 Å². The molecule has 0 spiro atoms. The van der Waals surface area contributed by atoms with E-state index in [-0.39, 0.29) is 0 Å². The molecule has 2 rings (SSSR count). The van der Waals surface area contributed by atoms with E-state index < -0.39 is 0 Å². The Labute approximate surface area is 89.3 Å². The van der Waals surface area contributed by atoms with Gasteiger partial charge in [0.25, 0.3) is 0 Å². The molecule has 1 aromatic carbocycles. The summed E-state index contributed by atoms with van der Waals surface area (Å²) in [6.45, 7) is 3.86. The maximum absolute atomic E-state index is 5.70. The molecule has 78 valence electrons. The second-order valence-corrected chi connectivity index (χ2v) is 3.54. The fraction of sp³-hybridized carbons (Fsp3) is 0.250. The lowest BCUT2D eigenvalue weighted by Gasteiger charge is -2.03. The summed E-state index contributed by atoms with van der Waals surface area (Å²) in [6.07, 6.45) is 0. The second-order valence-electron chi connectivity index (χ2n) is 3.54. The van der Waals surface area contributed by atoms with E-state index in [1.807, 2.05) is 24.3 Å². The van der Waals surface area contributed by atoms with Crippen LogP contribution in [0.1, 0.15) is 12.6 Å². The minimum Gasteiger partial charge on any atom is -0.399 e. The summed E-state index contributed by atoms with van der Waals surface area (Å²) in [5, 5.41) is 4.35. The largest absolute Gasteiger partial charge is 0.399 e. The van der Waals surface area contributed by atoms with Crippen molar-refractivity contribution in [1.29, 1.82) is 0 Å². The Morgan fingerprint density at radius 1 is 1.27 bits per heavy atom. The van der Waals surface area contributed by atoms with Gasteiger partial charge < -0.3 is 11.1 Å². The summed E-state index contributed by atoms with van der Waals surface area (Å²) in [6, 6.07) is 9.88. The molecule has 2 aromatic rings. The van der Waals surface area contributed by atoms with Crippen molar-refractivity contribution in [3.63, 3.8) is 0 Å². The Bertz CT molecular complexity index is 465. The maximum atomic E-state index is 5.70. The van der Waals surface area contributed by atoms with Crippen molar-refractivity contribution in [2.45, 2.75) is 13.5 Å². The highest BCUT2D eigenvalue weighted by molar-refractivity contribution is 5.81. The SMILES string of the molecule is CCNCc1ccc2cc(N)ccc2n1. The van der Waals surface area contributed by atoms with E-state index in [4.69, 9.17) is 5.73 Å². The van der Waals surface area contributed by atoms with Crippen molar-refractivity contribution in [3.05, 3.63) is 36.0 Å². The molecule has 0 aliphatic carbocycles. The number of rotatable bonds is 3. The number of benzene rings is 1. The number of aromatic nitrogens is 1. The molecule has 3 N–H and O–H groups in total. The first kappa shape index (κ1) is 9.93. The standard InChI is InChI=1S/C12H15N3/c1-2-14-8-11-5-3-9-7-10(13)4-6-12(9)15-11/h3-7,14H,2,8,13H2,1H3. The molecule has 0 saturated carbocycles. The summed E-state index contributed by atoms with van der Waals surface area (Å²) >= 11 is 0. The van der Waals surface area contributed by atoms with Crippen LogP contribution in [0.3, 0.4) is 0 Å². The lowest BCUT2D eigenvalue weighted by Crippen LogP contribution is -2.12. The molecule has 0 aliphatic rings. The minimum atomic E-state index is 0.781. The van der Waals surface area contributed by atoms with Gasteiger partial charge in [-0.25, -0.2) is 0 Å². The van der Waals surface area contributed by atoms with Gasteiger partial charge in [0, 0.05) is 17.6 Å². The van der Waals surface area contributed by atoms with Crippen LogP contribution in [0, 0.1) is 0 Å². The van der Waals surface area contributed by atoms with Crippen molar-refractivity contribution in [3.8, 4) is 0 Å². The number of hydrogen-bond donors (Lipinski definition) is 2. The smallest absolute Gasteiger partial charge is 0.0707 e. The van der Waals surface area contributed by atoms with Gasteiger partial charge in [0.15, 0.2) is 0 Å². The number of anilines is 1. The predicted octanol–water partition coefficient (Wildman–Crippen LogP) is 1.93. The van der Waals surface area contributed by atoms with Crippen LogP contribution in [0.2, 0.25) is 0 Å². The summed E-state index contributed by atoms with van der Waals surface area (Å²) < 4.78 is 0. The third-order valence-electron chi connectivity index (χ3n) is 2.33. The van der Waals surface area contributed by atoms with E-state index in [9.17, 15) is 0 Å². The number of pyridine rings is 1. The summed E-state index contributed by atoms with van der Waals surface area (Å²) in [5.74, 6) is 0. The van der Waals surface area contributed by atoms with Crippen LogP contribution in [-0.4, -0.2) is 11.5 Å². The van der Waals surface area contributed by atoms with E-state index in [0.29, 0.717) is 0 Å². The first-order chi connectivity index (χ1) is 7.29. The zero-order chi connectivity index (χ0) is 10.7. The maximum Gasteiger partial charge on any atom is 0.0707 e. The van der Waals surface area contributed by atoms with Gasteiger partial charge in [0.05, 0.1) is 11.2 Å². The molecule has 15 heavy (non-hydrogen) atoms. The highest BCUT2D eigenvalue weighted by Gasteiger charge is 1.98. The lowest BCUT2D eigenvalue weighted by atomic mass is 10.2. The average Bonchev–Trinajstić information content (AvgIpc) is 2.26. The first-order valence-electron chi connectivity index (χ1n) is 5.15. The highest BCUT2D eigenvalue weighted by atomic mass is 14.9. The van der Waals surface area contributed by atoms with Gasteiger partial charge in [-0.1, -0.05) is 13.0 Å². The number of fused-ring (bicyclic) bond motifs is 1. The Balaban J connectivity index is 2.34. The third-order valence-corrected chi connectivity index (χ3v) is 2.33. The summed E-state index contributed by atoms with van der Waals surface area (Å²) in [4.78, 5) is 4.54. The van der Waals surface area contributed by atoms with Crippen molar-refractivity contribution in [2.75, 3.05) is 12.3 Å². The molecule has 1 heterocycles. The Morgan fingerprint density at radius 2 is 2.13 bits per heavy atom. The van der Waals surface area contributed by atoms with E-state index in [1.165, 1.54) is 0 Å². The Morgan fingerprint density at radius 3 is 2.93 bits per heavy atom. The van der Waals surface area contributed by atoms with Crippen molar-refractivity contribution in [1.82, 2.24) is 10.3 Å². The minimum absolute atomic E-state index is 0.781. The molecule has 1 aromatic heterocycles. The van der Waals surface area contributed by atoms with Crippen LogP contribution in [0.5, 0.6) is 0 Å². The van der Waals surface area contributed by atoms with E-state index in [1.54, 1.807) is 0 Å². The molecule has 3 nitrogen and oxygen atoms in total. The van der Waals surface area contributed by atoms with Crippen LogP contribution in [0.25, 0.3) is 10.9 Å². The fourth-order valence-corrected chi connectivity index (χ4v) is 1.54. The van der Waals surface area contributed by atoms with E-state index in [0.717, 1.165) is 35.4 Å². The van der Waals surface area contributed by atoms with E-state index >= 15 is 0 Å². The molecule has 0 unspecified atom stereocenters. The van der Waals surface area contributed by atoms with Crippen molar-refractivity contribution >= 4 is 16.6 Å². The zero-order valence-corrected chi connectivity index (χ0v) is 8.83. The molecule has 0 aliphatic heterocycles. The summed E-state index contributed by atoms with van der Waals surface area (Å²) in [7, 11) is 0. The van der Waals surface area contributed by atoms with Crippen LogP contribution >= 0.6 is 0 Å². The number of nitrogen functional groups attached to an aromatic ring is 1. The second kappa shape index (κ2) is 4.28. The molecule has 0 fully saturated rings. The molecule has 0 saturated heterocycles.